The SMILES string of the molecule is C=Cc1cc2c(cc1OCCCOC)OC[C@@H](C(C)C)n1cc(C(=O)O)c(=O)cc1-2. The maximum Gasteiger partial charge on any atom is 0.341 e. The molecule has 7 nitrogen and oxygen atoms in total. The van der Waals surface area contributed by atoms with Crippen LogP contribution in [0.15, 0.2) is 35.8 Å². The van der Waals surface area contributed by atoms with Crippen LogP contribution < -0.4 is 14.9 Å². The molecule has 1 aromatic heterocycles. The molecule has 0 aliphatic carbocycles. The van der Waals surface area contributed by atoms with Gasteiger partial charge < -0.3 is 23.9 Å². The molecule has 0 bridgehead atoms. The highest BCUT2D eigenvalue weighted by molar-refractivity contribution is 5.88. The lowest BCUT2D eigenvalue weighted by atomic mass is 10.0. The summed E-state index contributed by atoms with van der Waals surface area (Å²) in [5.41, 5.74) is 1.29. The number of pyridine rings is 1. The molecule has 0 unspecified atom stereocenters. The van der Waals surface area contributed by atoms with Crippen molar-refractivity contribution in [3.05, 3.63) is 52.3 Å². The molecule has 0 spiro atoms. The number of benzene rings is 1. The van der Waals surface area contributed by atoms with Crippen LogP contribution in [-0.2, 0) is 4.74 Å². The van der Waals surface area contributed by atoms with E-state index in [0.29, 0.717) is 42.6 Å². The molecule has 0 saturated heterocycles. The van der Waals surface area contributed by atoms with Crippen molar-refractivity contribution in [3.8, 4) is 22.8 Å². The summed E-state index contributed by atoms with van der Waals surface area (Å²) in [5, 5.41) is 9.41. The predicted octanol–water partition coefficient (Wildman–Crippen LogP) is 3.86. The topological polar surface area (TPSA) is 87.0 Å². The Balaban J connectivity index is 2.14. The van der Waals surface area contributed by atoms with Gasteiger partial charge in [-0.2, -0.15) is 0 Å². The van der Waals surface area contributed by atoms with Crippen molar-refractivity contribution in [2.45, 2.75) is 26.3 Å². The van der Waals surface area contributed by atoms with Crippen LogP contribution in [0.2, 0.25) is 0 Å². The number of aromatic carboxylic acids is 1. The molecular formula is C23H27NO6. The monoisotopic (exact) mass is 413 g/mol. The third-order valence-corrected chi connectivity index (χ3v) is 5.20. The van der Waals surface area contributed by atoms with Gasteiger partial charge in [0.05, 0.1) is 18.3 Å². The van der Waals surface area contributed by atoms with E-state index in [1.165, 1.54) is 12.3 Å². The lowest BCUT2D eigenvalue weighted by Crippen LogP contribution is -2.25. The number of fused-ring (bicyclic) bond motifs is 3. The quantitative estimate of drug-likeness (QED) is 0.662. The molecule has 1 N–H and O–H groups in total. The standard InChI is InChI=1S/C23H27NO6/c1-5-15-9-16-18-10-20(25)17(23(26)27)12-24(18)19(14(2)3)13-30-22(16)11-21(15)29-8-6-7-28-4/h5,9-12,14,19H,1,6-8,13H2,2-4H3,(H,26,27)/t19-/m0/s1. The largest absolute Gasteiger partial charge is 0.493 e. The smallest absolute Gasteiger partial charge is 0.341 e. The molecule has 3 rings (SSSR count). The number of aromatic nitrogens is 1. The molecule has 1 atom stereocenters. The van der Waals surface area contributed by atoms with E-state index in [4.69, 9.17) is 14.2 Å². The number of rotatable bonds is 8. The fourth-order valence-corrected chi connectivity index (χ4v) is 3.54. The summed E-state index contributed by atoms with van der Waals surface area (Å²) in [7, 11) is 1.64. The number of hydrogen-bond acceptors (Lipinski definition) is 5. The van der Waals surface area contributed by atoms with Crippen molar-refractivity contribution in [1.29, 1.82) is 0 Å². The molecular weight excluding hydrogens is 386 g/mol. The van der Waals surface area contributed by atoms with Crippen LogP contribution >= 0.6 is 0 Å². The Morgan fingerprint density at radius 3 is 2.77 bits per heavy atom. The summed E-state index contributed by atoms with van der Waals surface area (Å²) in [6.45, 7) is 9.37. The van der Waals surface area contributed by atoms with Gasteiger partial charge in [-0.3, -0.25) is 4.79 Å². The minimum Gasteiger partial charge on any atom is -0.493 e. The first-order valence-corrected chi connectivity index (χ1v) is 9.92. The Hall–Kier alpha value is -3.06. The van der Waals surface area contributed by atoms with E-state index >= 15 is 0 Å². The maximum atomic E-state index is 12.5. The summed E-state index contributed by atoms with van der Waals surface area (Å²) in [6, 6.07) is 4.91. The van der Waals surface area contributed by atoms with Crippen molar-refractivity contribution in [2.24, 2.45) is 5.92 Å². The van der Waals surface area contributed by atoms with Crippen LogP contribution in [0.4, 0.5) is 0 Å². The first-order chi connectivity index (χ1) is 14.4. The summed E-state index contributed by atoms with van der Waals surface area (Å²) >= 11 is 0. The average molecular weight is 413 g/mol. The van der Waals surface area contributed by atoms with E-state index in [1.807, 2.05) is 30.5 Å². The van der Waals surface area contributed by atoms with Crippen molar-refractivity contribution in [3.63, 3.8) is 0 Å². The summed E-state index contributed by atoms with van der Waals surface area (Å²) in [5.74, 6) is 0.140. The van der Waals surface area contributed by atoms with E-state index in [-0.39, 0.29) is 17.5 Å². The van der Waals surface area contributed by atoms with Crippen LogP contribution in [0.25, 0.3) is 17.3 Å². The molecule has 2 aromatic rings. The van der Waals surface area contributed by atoms with Gasteiger partial charge >= 0.3 is 5.97 Å². The van der Waals surface area contributed by atoms with Gasteiger partial charge in [0.25, 0.3) is 0 Å². The predicted molar refractivity (Wildman–Crippen MR) is 115 cm³/mol. The zero-order chi connectivity index (χ0) is 21.8. The number of carboxylic acid groups (broad SMARTS) is 1. The summed E-state index contributed by atoms with van der Waals surface area (Å²) in [6.07, 6.45) is 3.85. The van der Waals surface area contributed by atoms with Crippen LogP contribution in [0.5, 0.6) is 11.5 Å². The van der Waals surface area contributed by atoms with Gasteiger partial charge in [-0.25, -0.2) is 4.79 Å². The van der Waals surface area contributed by atoms with Crippen LogP contribution in [0.3, 0.4) is 0 Å². The van der Waals surface area contributed by atoms with Crippen molar-refractivity contribution in [1.82, 2.24) is 4.57 Å². The summed E-state index contributed by atoms with van der Waals surface area (Å²) in [4.78, 5) is 24.0. The second-order valence-electron chi connectivity index (χ2n) is 7.56. The molecule has 160 valence electrons. The number of carbonyl (C=O) groups is 1. The average Bonchev–Trinajstić information content (AvgIpc) is 2.86. The number of carboxylic acids is 1. The second kappa shape index (κ2) is 9.17. The molecule has 1 aromatic carbocycles. The Labute approximate surface area is 175 Å². The lowest BCUT2D eigenvalue weighted by molar-refractivity contribution is 0.0694. The molecule has 1 aliphatic heterocycles. The Kier molecular flexibility index (Phi) is 6.62. The minimum absolute atomic E-state index is 0.135. The fraction of sp³-hybridized carbons (Fsp3) is 0.391. The van der Waals surface area contributed by atoms with Crippen LogP contribution in [-0.4, -0.2) is 42.6 Å². The normalized spacial score (nSPS) is 15.0. The van der Waals surface area contributed by atoms with Crippen LogP contribution in [0.1, 0.15) is 42.2 Å². The highest BCUT2D eigenvalue weighted by Crippen LogP contribution is 2.41. The third kappa shape index (κ3) is 4.26. The second-order valence-corrected chi connectivity index (χ2v) is 7.56. The van der Waals surface area contributed by atoms with E-state index in [0.717, 1.165) is 12.0 Å². The zero-order valence-electron chi connectivity index (χ0n) is 17.5. The molecule has 0 fully saturated rings. The van der Waals surface area contributed by atoms with Gasteiger partial charge in [-0.15, -0.1) is 0 Å². The zero-order valence-corrected chi connectivity index (χ0v) is 17.5. The highest BCUT2D eigenvalue weighted by atomic mass is 16.5. The van der Waals surface area contributed by atoms with Gasteiger partial charge in [0.2, 0.25) is 0 Å². The van der Waals surface area contributed by atoms with Gasteiger partial charge in [-0.1, -0.05) is 26.5 Å². The molecule has 7 heteroatoms. The Morgan fingerprint density at radius 1 is 1.37 bits per heavy atom. The third-order valence-electron chi connectivity index (χ3n) is 5.20. The number of nitrogens with zero attached hydrogens (tertiary/aromatic N) is 1. The maximum absolute atomic E-state index is 12.5. The summed E-state index contributed by atoms with van der Waals surface area (Å²) < 4.78 is 18.9. The van der Waals surface area contributed by atoms with E-state index in [1.54, 1.807) is 13.2 Å². The van der Waals surface area contributed by atoms with Crippen molar-refractivity contribution in [2.75, 3.05) is 26.9 Å². The molecule has 0 amide bonds. The molecule has 2 heterocycles. The first kappa shape index (κ1) is 21.6. The Morgan fingerprint density at radius 2 is 2.13 bits per heavy atom. The van der Waals surface area contributed by atoms with Gasteiger partial charge in [0.1, 0.15) is 23.7 Å². The van der Waals surface area contributed by atoms with Crippen molar-refractivity contribution < 1.29 is 24.1 Å². The fourth-order valence-electron chi connectivity index (χ4n) is 3.54. The number of hydrogen-bond donors (Lipinski definition) is 1. The minimum atomic E-state index is -1.24. The molecule has 0 saturated carbocycles. The molecule has 0 radical (unpaired) electrons. The Bertz CT molecular complexity index is 1010. The van der Waals surface area contributed by atoms with Crippen LogP contribution in [0, 0.1) is 5.92 Å². The van der Waals surface area contributed by atoms with E-state index < -0.39 is 11.4 Å². The molecule has 1 aliphatic rings. The number of methoxy groups -OCH3 is 1. The van der Waals surface area contributed by atoms with Gasteiger partial charge in [0.15, 0.2) is 5.43 Å². The highest BCUT2D eigenvalue weighted by Gasteiger charge is 2.27. The van der Waals surface area contributed by atoms with Gasteiger partial charge in [0, 0.05) is 49.6 Å². The first-order valence-electron chi connectivity index (χ1n) is 9.92. The number of ether oxygens (including phenoxy) is 3. The van der Waals surface area contributed by atoms with Crippen molar-refractivity contribution >= 4 is 12.0 Å². The lowest BCUT2D eigenvalue weighted by Gasteiger charge is -2.24. The van der Waals surface area contributed by atoms with E-state index in [9.17, 15) is 14.7 Å². The van der Waals surface area contributed by atoms with Gasteiger partial charge in [-0.05, 0) is 12.0 Å². The van der Waals surface area contributed by atoms with E-state index in [2.05, 4.69) is 6.58 Å². The molecule has 30 heavy (non-hydrogen) atoms.